The summed E-state index contributed by atoms with van der Waals surface area (Å²) in [5.41, 5.74) is 5.39. The number of aromatic nitrogens is 1. The van der Waals surface area contributed by atoms with Crippen molar-refractivity contribution in [2.75, 3.05) is 10.5 Å². The van der Waals surface area contributed by atoms with Crippen LogP contribution in [0, 0.1) is 11.6 Å². The predicted octanol–water partition coefficient (Wildman–Crippen LogP) is 1.74. The molecule has 0 spiro atoms. The second-order valence-corrected chi connectivity index (χ2v) is 5.30. The van der Waals surface area contributed by atoms with E-state index in [4.69, 9.17) is 5.73 Å². The Kier molecular flexibility index (Phi) is 3.34. The summed E-state index contributed by atoms with van der Waals surface area (Å²) in [5.74, 6) is -1.43. The second-order valence-electron chi connectivity index (χ2n) is 3.65. The highest BCUT2D eigenvalue weighted by atomic mass is 32.2. The molecule has 0 aliphatic carbocycles. The number of nitrogens with zero attached hydrogens (tertiary/aromatic N) is 1. The topological polar surface area (TPSA) is 85.1 Å². The molecule has 100 valence electrons. The lowest BCUT2D eigenvalue weighted by molar-refractivity contribution is 0.595. The molecule has 0 atom stereocenters. The molecule has 0 saturated heterocycles. The van der Waals surface area contributed by atoms with E-state index in [9.17, 15) is 17.2 Å². The van der Waals surface area contributed by atoms with Crippen LogP contribution in [0.3, 0.4) is 0 Å². The highest BCUT2D eigenvalue weighted by Gasteiger charge is 2.19. The molecule has 8 heteroatoms. The van der Waals surface area contributed by atoms with Crippen LogP contribution in [0.1, 0.15) is 0 Å². The quantitative estimate of drug-likeness (QED) is 0.841. The maximum Gasteiger partial charge on any atom is 0.265 e. The summed E-state index contributed by atoms with van der Waals surface area (Å²) in [6.07, 6.45) is 0.854. The molecule has 0 fully saturated rings. The lowest BCUT2D eigenvalue weighted by Gasteiger charge is -2.09. The van der Waals surface area contributed by atoms with Crippen LogP contribution in [-0.4, -0.2) is 13.4 Å². The summed E-state index contributed by atoms with van der Waals surface area (Å²) < 4.78 is 51.7. The Bertz CT molecular complexity index is 702. The summed E-state index contributed by atoms with van der Waals surface area (Å²) in [5, 5.41) is 0. The zero-order valence-electron chi connectivity index (χ0n) is 9.47. The molecule has 0 radical (unpaired) electrons. The molecule has 1 aromatic carbocycles. The number of halogens is 2. The molecule has 2 rings (SSSR count). The Labute approximate surface area is 108 Å². The van der Waals surface area contributed by atoms with Crippen LogP contribution in [0.15, 0.2) is 41.4 Å². The average molecular weight is 285 g/mol. The number of hydrogen-bond acceptors (Lipinski definition) is 4. The van der Waals surface area contributed by atoms with Gasteiger partial charge in [-0.1, -0.05) is 0 Å². The van der Waals surface area contributed by atoms with Crippen LogP contribution in [0.25, 0.3) is 0 Å². The van der Waals surface area contributed by atoms with E-state index in [1.54, 1.807) is 0 Å². The highest BCUT2D eigenvalue weighted by Crippen LogP contribution is 2.21. The minimum Gasteiger partial charge on any atom is -0.398 e. The van der Waals surface area contributed by atoms with E-state index in [2.05, 4.69) is 9.71 Å². The van der Waals surface area contributed by atoms with E-state index in [1.165, 1.54) is 0 Å². The summed E-state index contributed by atoms with van der Waals surface area (Å²) in [4.78, 5) is 3.14. The standard InChI is InChI=1S/C11H9F2N3O2S/c12-7-1-3-9(14)10(5-7)19(17,18)16-11-4-2-8(13)6-15-11/h1-6H,14H2,(H,15,16). The van der Waals surface area contributed by atoms with Gasteiger partial charge in [0.05, 0.1) is 11.9 Å². The summed E-state index contributed by atoms with van der Waals surface area (Å²) >= 11 is 0. The zero-order chi connectivity index (χ0) is 14.0. The molecule has 19 heavy (non-hydrogen) atoms. The molecule has 0 aliphatic heterocycles. The third kappa shape index (κ3) is 2.97. The maximum absolute atomic E-state index is 13.1. The number of rotatable bonds is 3. The van der Waals surface area contributed by atoms with Gasteiger partial charge in [-0.25, -0.2) is 22.2 Å². The van der Waals surface area contributed by atoms with Gasteiger partial charge in [-0.15, -0.1) is 0 Å². The normalized spacial score (nSPS) is 11.3. The molecule has 1 heterocycles. The Morgan fingerprint density at radius 1 is 1.11 bits per heavy atom. The number of benzene rings is 1. The zero-order valence-corrected chi connectivity index (χ0v) is 10.3. The first-order valence-electron chi connectivity index (χ1n) is 5.08. The van der Waals surface area contributed by atoms with E-state index in [-0.39, 0.29) is 11.5 Å². The van der Waals surface area contributed by atoms with Crippen molar-refractivity contribution in [3.8, 4) is 0 Å². The fourth-order valence-electron chi connectivity index (χ4n) is 1.37. The van der Waals surface area contributed by atoms with E-state index >= 15 is 0 Å². The summed E-state index contributed by atoms with van der Waals surface area (Å²) in [6, 6.07) is 5.16. The molecule has 0 aliphatic rings. The number of nitrogen functional groups attached to an aromatic ring is 1. The molecule has 0 unspecified atom stereocenters. The Morgan fingerprint density at radius 2 is 1.79 bits per heavy atom. The van der Waals surface area contributed by atoms with Gasteiger partial charge in [-0.2, -0.15) is 0 Å². The monoisotopic (exact) mass is 285 g/mol. The van der Waals surface area contributed by atoms with Crippen LogP contribution >= 0.6 is 0 Å². The fraction of sp³-hybridized carbons (Fsp3) is 0. The number of nitrogens with two attached hydrogens (primary N) is 1. The van der Waals surface area contributed by atoms with E-state index in [1.807, 2.05) is 0 Å². The van der Waals surface area contributed by atoms with Crippen molar-refractivity contribution in [2.45, 2.75) is 4.90 Å². The van der Waals surface area contributed by atoms with Gasteiger partial charge in [-0.05, 0) is 30.3 Å². The minimum absolute atomic E-state index is 0.0925. The maximum atomic E-state index is 13.1. The third-order valence-electron chi connectivity index (χ3n) is 2.23. The molecule has 5 nitrogen and oxygen atoms in total. The third-order valence-corrected chi connectivity index (χ3v) is 3.64. The number of anilines is 2. The van der Waals surface area contributed by atoms with Crippen molar-refractivity contribution >= 4 is 21.5 Å². The Morgan fingerprint density at radius 3 is 2.42 bits per heavy atom. The molecule has 0 bridgehead atoms. The largest absolute Gasteiger partial charge is 0.398 e. The summed E-state index contributed by atoms with van der Waals surface area (Å²) in [6.45, 7) is 0. The van der Waals surface area contributed by atoms with Gasteiger partial charge >= 0.3 is 0 Å². The van der Waals surface area contributed by atoms with Crippen molar-refractivity contribution < 1.29 is 17.2 Å². The second kappa shape index (κ2) is 4.81. The number of nitrogens with one attached hydrogen (secondary N) is 1. The minimum atomic E-state index is -4.08. The fourth-order valence-corrected chi connectivity index (χ4v) is 2.52. The molecule has 0 amide bonds. The van der Waals surface area contributed by atoms with Crippen LogP contribution in [0.4, 0.5) is 20.3 Å². The van der Waals surface area contributed by atoms with E-state index in [0.29, 0.717) is 0 Å². The molecular weight excluding hydrogens is 276 g/mol. The van der Waals surface area contributed by atoms with Gasteiger partial charge in [0.1, 0.15) is 22.3 Å². The van der Waals surface area contributed by atoms with Gasteiger partial charge in [-0.3, -0.25) is 4.72 Å². The van der Waals surface area contributed by atoms with Crippen molar-refractivity contribution in [3.63, 3.8) is 0 Å². The van der Waals surface area contributed by atoms with Crippen LogP contribution in [0.2, 0.25) is 0 Å². The Hall–Kier alpha value is -2.22. The molecule has 2 aromatic rings. The van der Waals surface area contributed by atoms with Crippen molar-refractivity contribution in [3.05, 3.63) is 48.2 Å². The molecule has 1 aromatic heterocycles. The van der Waals surface area contributed by atoms with Gasteiger partial charge in [0.15, 0.2) is 0 Å². The number of pyridine rings is 1. The number of hydrogen-bond donors (Lipinski definition) is 2. The predicted molar refractivity (Wildman–Crippen MR) is 65.8 cm³/mol. The van der Waals surface area contributed by atoms with Gasteiger partial charge < -0.3 is 5.73 Å². The SMILES string of the molecule is Nc1ccc(F)cc1S(=O)(=O)Nc1ccc(F)cn1. The van der Waals surface area contributed by atoms with Gasteiger partial charge in [0, 0.05) is 0 Å². The van der Waals surface area contributed by atoms with Crippen LogP contribution in [0.5, 0.6) is 0 Å². The van der Waals surface area contributed by atoms with Crippen molar-refractivity contribution in [1.29, 1.82) is 0 Å². The summed E-state index contributed by atoms with van der Waals surface area (Å²) in [7, 11) is -4.08. The van der Waals surface area contributed by atoms with E-state index < -0.39 is 26.6 Å². The number of sulfonamides is 1. The molecular formula is C11H9F2N3O2S. The van der Waals surface area contributed by atoms with Crippen LogP contribution < -0.4 is 10.5 Å². The van der Waals surface area contributed by atoms with Crippen molar-refractivity contribution in [1.82, 2.24) is 4.98 Å². The smallest absolute Gasteiger partial charge is 0.265 e. The van der Waals surface area contributed by atoms with Crippen molar-refractivity contribution in [2.24, 2.45) is 0 Å². The molecule has 3 N–H and O–H groups in total. The van der Waals surface area contributed by atoms with E-state index in [0.717, 1.165) is 36.5 Å². The lowest BCUT2D eigenvalue weighted by Crippen LogP contribution is -2.15. The Balaban J connectivity index is 2.37. The lowest BCUT2D eigenvalue weighted by atomic mass is 10.3. The van der Waals surface area contributed by atoms with Crippen LogP contribution in [-0.2, 0) is 10.0 Å². The first-order chi connectivity index (χ1) is 8.88. The first-order valence-corrected chi connectivity index (χ1v) is 6.56. The molecule has 0 saturated carbocycles. The van der Waals surface area contributed by atoms with Gasteiger partial charge in [0.2, 0.25) is 0 Å². The first kappa shape index (κ1) is 13.2. The average Bonchev–Trinajstić information content (AvgIpc) is 2.35. The highest BCUT2D eigenvalue weighted by molar-refractivity contribution is 7.92. The van der Waals surface area contributed by atoms with Gasteiger partial charge in [0.25, 0.3) is 10.0 Å².